The molecule has 0 aromatic rings. The van der Waals surface area contributed by atoms with Crippen molar-refractivity contribution in [3.05, 3.63) is 23.3 Å². The fourth-order valence-electron chi connectivity index (χ4n) is 1.62. The molecule has 0 saturated heterocycles. The van der Waals surface area contributed by atoms with E-state index in [0.29, 0.717) is 6.42 Å². The average molecular weight is 256 g/mol. The second-order valence-electron chi connectivity index (χ2n) is 5.53. The van der Waals surface area contributed by atoms with Crippen molar-refractivity contribution < 1.29 is 15.3 Å². The Morgan fingerprint density at radius 1 is 1.11 bits per heavy atom. The zero-order chi connectivity index (χ0) is 14.2. The monoisotopic (exact) mass is 256 g/mol. The van der Waals surface area contributed by atoms with Crippen molar-refractivity contribution >= 4 is 0 Å². The number of hydrogen-bond donors (Lipinski definition) is 3. The molecule has 0 aliphatic carbocycles. The van der Waals surface area contributed by atoms with Crippen molar-refractivity contribution in [3.63, 3.8) is 0 Å². The molecule has 0 aliphatic heterocycles. The van der Waals surface area contributed by atoms with Gasteiger partial charge in [0, 0.05) is 0 Å². The summed E-state index contributed by atoms with van der Waals surface area (Å²) in [5.41, 5.74) is 1.40. The van der Waals surface area contributed by atoms with Crippen LogP contribution in [0.25, 0.3) is 0 Å². The van der Waals surface area contributed by atoms with Crippen molar-refractivity contribution in [2.45, 2.75) is 65.1 Å². The summed E-state index contributed by atoms with van der Waals surface area (Å²) in [6, 6.07) is 0. The van der Waals surface area contributed by atoms with Crippen LogP contribution < -0.4 is 0 Å². The van der Waals surface area contributed by atoms with Gasteiger partial charge in [0.2, 0.25) is 0 Å². The van der Waals surface area contributed by atoms with Crippen molar-refractivity contribution in [2.75, 3.05) is 6.61 Å². The van der Waals surface area contributed by atoms with E-state index in [-0.39, 0.29) is 6.61 Å². The van der Waals surface area contributed by atoms with Crippen LogP contribution in [0.2, 0.25) is 0 Å². The highest BCUT2D eigenvalue weighted by atomic mass is 16.3. The lowest BCUT2D eigenvalue weighted by molar-refractivity contribution is -0.0509. The molecule has 0 radical (unpaired) electrons. The minimum Gasteiger partial charge on any atom is -0.392 e. The molecule has 0 saturated carbocycles. The lowest BCUT2D eigenvalue weighted by atomic mass is 9.95. The standard InChI is InChI=1S/C15H28O3/c1-12(6-5-7-13(2)10-11-16)8-9-14(17)15(3,4)18/h6,10,14,16-18H,5,7-9,11H2,1-4H3/b12-6+,13-10+/t14-/m1/s1. The van der Waals surface area contributed by atoms with Crippen LogP contribution in [0.3, 0.4) is 0 Å². The fraction of sp³-hybridized carbons (Fsp3) is 0.733. The molecule has 0 spiro atoms. The van der Waals surface area contributed by atoms with E-state index in [1.165, 1.54) is 11.1 Å². The number of hydrogen-bond acceptors (Lipinski definition) is 3. The molecule has 0 amide bonds. The van der Waals surface area contributed by atoms with E-state index >= 15 is 0 Å². The third kappa shape index (κ3) is 8.45. The maximum absolute atomic E-state index is 9.70. The van der Waals surface area contributed by atoms with Gasteiger partial charge in [-0.3, -0.25) is 0 Å². The maximum Gasteiger partial charge on any atom is 0.0849 e. The minimum atomic E-state index is -1.03. The number of allylic oxidation sites excluding steroid dienone is 3. The Morgan fingerprint density at radius 3 is 2.17 bits per heavy atom. The second-order valence-corrected chi connectivity index (χ2v) is 5.53. The molecule has 0 heterocycles. The molecule has 0 rings (SSSR count). The van der Waals surface area contributed by atoms with E-state index in [0.717, 1.165) is 19.3 Å². The van der Waals surface area contributed by atoms with Crippen LogP contribution in [0.5, 0.6) is 0 Å². The molecule has 0 bridgehead atoms. The molecule has 106 valence electrons. The fourth-order valence-corrected chi connectivity index (χ4v) is 1.62. The Bertz CT molecular complexity index is 285. The van der Waals surface area contributed by atoms with E-state index < -0.39 is 11.7 Å². The molecule has 18 heavy (non-hydrogen) atoms. The third-order valence-electron chi connectivity index (χ3n) is 3.10. The Balaban J connectivity index is 3.96. The van der Waals surface area contributed by atoms with Gasteiger partial charge in [0.15, 0.2) is 0 Å². The van der Waals surface area contributed by atoms with Crippen molar-refractivity contribution in [1.29, 1.82) is 0 Å². The summed E-state index contributed by atoms with van der Waals surface area (Å²) in [5.74, 6) is 0. The van der Waals surface area contributed by atoms with Gasteiger partial charge in [-0.15, -0.1) is 0 Å². The topological polar surface area (TPSA) is 60.7 Å². The number of rotatable bonds is 8. The first-order valence-electron chi connectivity index (χ1n) is 6.60. The summed E-state index contributed by atoms with van der Waals surface area (Å²) in [6.45, 7) is 7.41. The Kier molecular flexibility index (Phi) is 8.16. The minimum absolute atomic E-state index is 0.103. The van der Waals surface area contributed by atoms with Crippen LogP contribution in [-0.4, -0.2) is 33.6 Å². The van der Waals surface area contributed by atoms with Crippen LogP contribution in [0.4, 0.5) is 0 Å². The van der Waals surface area contributed by atoms with Gasteiger partial charge in [-0.25, -0.2) is 0 Å². The van der Waals surface area contributed by atoms with Gasteiger partial charge < -0.3 is 15.3 Å². The Hall–Kier alpha value is -0.640. The lowest BCUT2D eigenvalue weighted by Crippen LogP contribution is -2.35. The predicted molar refractivity (Wildman–Crippen MR) is 75.4 cm³/mol. The van der Waals surface area contributed by atoms with E-state index in [2.05, 4.69) is 6.08 Å². The van der Waals surface area contributed by atoms with E-state index in [4.69, 9.17) is 5.11 Å². The zero-order valence-electron chi connectivity index (χ0n) is 12.1. The molecular weight excluding hydrogens is 228 g/mol. The highest BCUT2D eigenvalue weighted by Crippen LogP contribution is 2.17. The third-order valence-corrected chi connectivity index (χ3v) is 3.10. The second kappa shape index (κ2) is 8.46. The van der Waals surface area contributed by atoms with Gasteiger partial charge in [-0.05, 0) is 53.4 Å². The first kappa shape index (κ1) is 17.4. The van der Waals surface area contributed by atoms with Crippen molar-refractivity contribution in [1.82, 2.24) is 0 Å². The SMILES string of the molecule is C/C(=C\CO)CC/C=C(\C)CC[C@@H](O)C(C)(C)O. The quantitative estimate of drug-likeness (QED) is 0.585. The molecule has 0 aromatic carbocycles. The molecule has 3 N–H and O–H groups in total. The molecule has 3 heteroatoms. The van der Waals surface area contributed by atoms with Gasteiger partial charge in [0.25, 0.3) is 0 Å². The number of aliphatic hydroxyl groups is 3. The molecule has 0 aliphatic rings. The Morgan fingerprint density at radius 2 is 1.67 bits per heavy atom. The van der Waals surface area contributed by atoms with Crippen LogP contribution in [0.15, 0.2) is 23.3 Å². The van der Waals surface area contributed by atoms with Crippen molar-refractivity contribution in [2.24, 2.45) is 0 Å². The number of aliphatic hydroxyl groups excluding tert-OH is 2. The van der Waals surface area contributed by atoms with E-state index in [1.807, 2.05) is 19.9 Å². The van der Waals surface area contributed by atoms with Crippen LogP contribution in [0.1, 0.15) is 53.4 Å². The van der Waals surface area contributed by atoms with Crippen molar-refractivity contribution in [3.8, 4) is 0 Å². The van der Waals surface area contributed by atoms with Crippen LogP contribution >= 0.6 is 0 Å². The summed E-state index contributed by atoms with van der Waals surface area (Å²) in [6.07, 6.45) is 6.58. The normalized spacial score (nSPS) is 15.9. The molecule has 0 fully saturated rings. The van der Waals surface area contributed by atoms with Gasteiger partial charge in [0.05, 0.1) is 18.3 Å². The van der Waals surface area contributed by atoms with E-state index in [9.17, 15) is 10.2 Å². The summed E-state index contributed by atoms with van der Waals surface area (Å²) >= 11 is 0. The van der Waals surface area contributed by atoms with Gasteiger partial charge in [-0.2, -0.15) is 0 Å². The van der Waals surface area contributed by atoms with Gasteiger partial charge in [-0.1, -0.05) is 23.3 Å². The summed E-state index contributed by atoms with van der Waals surface area (Å²) in [7, 11) is 0. The first-order valence-corrected chi connectivity index (χ1v) is 6.60. The summed E-state index contributed by atoms with van der Waals surface area (Å²) < 4.78 is 0. The smallest absolute Gasteiger partial charge is 0.0849 e. The molecular formula is C15H28O3. The highest BCUT2D eigenvalue weighted by molar-refractivity contribution is 5.04. The average Bonchev–Trinajstić information content (AvgIpc) is 2.24. The molecule has 1 atom stereocenters. The molecule has 0 unspecified atom stereocenters. The molecule has 3 nitrogen and oxygen atoms in total. The Labute approximate surface area is 111 Å². The zero-order valence-corrected chi connectivity index (χ0v) is 12.1. The van der Waals surface area contributed by atoms with Gasteiger partial charge in [0.1, 0.15) is 0 Å². The largest absolute Gasteiger partial charge is 0.392 e. The van der Waals surface area contributed by atoms with E-state index in [1.54, 1.807) is 13.8 Å². The van der Waals surface area contributed by atoms with Crippen LogP contribution in [0, 0.1) is 0 Å². The van der Waals surface area contributed by atoms with Gasteiger partial charge >= 0.3 is 0 Å². The summed E-state index contributed by atoms with van der Waals surface area (Å²) in [4.78, 5) is 0. The summed E-state index contributed by atoms with van der Waals surface area (Å²) in [5, 5.41) is 28.0. The first-order chi connectivity index (χ1) is 8.27. The predicted octanol–water partition coefficient (Wildman–Crippen LogP) is 2.56. The highest BCUT2D eigenvalue weighted by Gasteiger charge is 2.23. The maximum atomic E-state index is 9.70. The lowest BCUT2D eigenvalue weighted by Gasteiger charge is -2.24. The molecule has 0 aromatic heterocycles. The van der Waals surface area contributed by atoms with Crippen LogP contribution in [-0.2, 0) is 0 Å².